The number of hydrogen-bond donors (Lipinski definition) is 0. The molecule has 4 rings (SSSR count). The van der Waals surface area contributed by atoms with Crippen molar-refractivity contribution in [3.05, 3.63) is 70.1 Å². The molecule has 2 aromatic heterocycles. The molecule has 2 heterocycles. The number of aromatic nitrogens is 3. The van der Waals surface area contributed by atoms with Gasteiger partial charge in [-0.15, -0.1) is 11.3 Å². The van der Waals surface area contributed by atoms with E-state index >= 15 is 0 Å². The first-order chi connectivity index (χ1) is 13.8. The molecule has 0 spiro atoms. The molecule has 4 aromatic rings. The molecule has 0 aliphatic rings. The highest BCUT2D eigenvalue weighted by atomic mass is 79.9. The van der Waals surface area contributed by atoms with E-state index in [1.54, 1.807) is 48.9 Å². The summed E-state index contributed by atoms with van der Waals surface area (Å²) in [6.07, 6.45) is -4.55. The van der Waals surface area contributed by atoms with E-state index in [1.807, 2.05) is 12.1 Å². The van der Waals surface area contributed by atoms with Crippen molar-refractivity contribution in [3.8, 4) is 33.4 Å². The van der Waals surface area contributed by atoms with Crippen LogP contribution in [0, 0.1) is 0 Å². The van der Waals surface area contributed by atoms with Gasteiger partial charge in [-0.2, -0.15) is 18.3 Å². The van der Waals surface area contributed by atoms with E-state index in [9.17, 15) is 13.2 Å². The Morgan fingerprint density at radius 2 is 1.66 bits per heavy atom. The Hall–Kier alpha value is -2.65. The predicted octanol–water partition coefficient (Wildman–Crippen LogP) is 6.45. The van der Waals surface area contributed by atoms with Gasteiger partial charge in [0.05, 0.1) is 18.5 Å². The van der Waals surface area contributed by atoms with E-state index in [0.717, 1.165) is 16.1 Å². The molecule has 0 fully saturated rings. The number of alkyl halides is 3. The molecule has 9 heteroatoms. The molecule has 0 radical (unpaired) electrons. The summed E-state index contributed by atoms with van der Waals surface area (Å²) in [5.74, 6) is 0.712. The molecular weight excluding hydrogens is 467 g/mol. The molecular formula is C20H13BrF3N3OS. The number of ether oxygens (including phenoxy) is 1. The smallest absolute Gasteiger partial charge is 0.435 e. The van der Waals surface area contributed by atoms with E-state index in [-0.39, 0.29) is 0 Å². The zero-order valence-corrected chi connectivity index (χ0v) is 17.3. The Morgan fingerprint density at radius 1 is 1.00 bits per heavy atom. The van der Waals surface area contributed by atoms with Crippen molar-refractivity contribution in [2.24, 2.45) is 0 Å². The molecule has 29 heavy (non-hydrogen) atoms. The lowest BCUT2D eigenvalue weighted by Gasteiger charge is -2.04. The molecule has 0 atom stereocenters. The molecule has 4 nitrogen and oxygen atoms in total. The van der Waals surface area contributed by atoms with Crippen molar-refractivity contribution in [2.45, 2.75) is 6.18 Å². The Balaban J connectivity index is 1.78. The third-order valence-corrected chi connectivity index (χ3v) is 5.54. The van der Waals surface area contributed by atoms with Crippen LogP contribution in [0.25, 0.3) is 27.6 Å². The minimum atomic E-state index is -4.55. The Morgan fingerprint density at radius 3 is 2.28 bits per heavy atom. The van der Waals surface area contributed by atoms with Crippen molar-refractivity contribution >= 4 is 27.3 Å². The second-order valence-corrected chi connectivity index (χ2v) is 7.83. The third-order valence-electron chi connectivity index (χ3n) is 4.20. The van der Waals surface area contributed by atoms with Gasteiger partial charge >= 0.3 is 6.18 Å². The van der Waals surface area contributed by atoms with Crippen LogP contribution in [0.4, 0.5) is 13.2 Å². The first-order valence-electron chi connectivity index (χ1n) is 8.38. The Kier molecular flexibility index (Phi) is 5.18. The maximum atomic E-state index is 13.3. The van der Waals surface area contributed by atoms with Crippen LogP contribution in [0.5, 0.6) is 5.75 Å². The largest absolute Gasteiger partial charge is 0.497 e. The van der Waals surface area contributed by atoms with Crippen molar-refractivity contribution in [3.63, 3.8) is 0 Å². The fraction of sp³-hybridized carbons (Fsp3) is 0.100. The van der Waals surface area contributed by atoms with Crippen LogP contribution in [0.2, 0.25) is 0 Å². The van der Waals surface area contributed by atoms with E-state index in [0.29, 0.717) is 27.8 Å². The molecule has 148 valence electrons. The van der Waals surface area contributed by atoms with E-state index in [1.165, 1.54) is 16.0 Å². The molecule has 0 aliphatic heterocycles. The van der Waals surface area contributed by atoms with Gasteiger partial charge in [-0.05, 0) is 42.5 Å². The van der Waals surface area contributed by atoms with Crippen LogP contribution in [0.15, 0.2) is 64.5 Å². The normalized spacial score (nSPS) is 11.6. The molecule has 2 aromatic carbocycles. The second-order valence-electron chi connectivity index (χ2n) is 6.08. The standard InChI is InChI=1S/C20H13BrF3N3OS/c1-28-15-8-4-12(5-9-15)16-11-29-19(25-16)27-17(10-18(26-27)20(22,23)24)13-2-6-14(21)7-3-13/h2-11H,1H3. The summed E-state index contributed by atoms with van der Waals surface area (Å²) in [5.41, 5.74) is 1.45. The summed E-state index contributed by atoms with van der Waals surface area (Å²) in [4.78, 5) is 4.51. The van der Waals surface area contributed by atoms with E-state index in [4.69, 9.17) is 4.74 Å². The van der Waals surface area contributed by atoms with Crippen molar-refractivity contribution in [2.75, 3.05) is 7.11 Å². The first kappa shape index (κ1) is 19.7. The highest BCUT2D eigenvalue weighted by Crippen LogP contribution is 2.35. The van der Waals surface area contributed by atoms with Crippen molar-refractivity contribution in [1.29, 1.82) is 0 Å². The van der Waals surface area contributed by atoms with Crippen molar-refractivity contribution in [1.82, 2.24) is 14.8 Å². The monoisotopic (exact) mass is 479 g/mol. The zero-order valence-electron chi connectivity index (χ0n) is 14.9. The van der Waals surface area contributed by atoms with Crippen LogP contribution < -0.4 is 4.74 Å². The summed E-state index contributed by atoms with van der Waals surface area (Å²) in [6.45, 7) is 0. The first-order valence-corrected chi connectivity index (χ1v) is 10.1. The van der Waals surface area contributed by atoms with Gasteiger partial charge in [-0.25, -0.2) is 9.67 Å². The van der Waals surface area contributed by atoms with Crippen molar-refractivity contribution < 1.29 is 17.9 Å². The van der Waals surface area contributed by atoms with Gasteiger partial charge in [0.15, 0.2) is 5.69 Å². The van der Waals surface area contributed by atoms with Gasteiger partial charge < -0.3 is 4.74 Å². The lowest BCUT2D eigenvalue weighted by Crippen LogP contribution is -2.07. The summed E-state index contributed by atoms with van der Waals surface area (Å²) in [5, 5.41) is 5.93. The number of nitrogens with zero attached hydrogens (tertiary/aromatic N) is 3. The fourth-order valence-electron chi connectivity index (χ4n) is 2.75. The molecule has 0 N–H and O–H groups in total. The third kappa shape index (κ3) is 4.06. The van der Waals surface area contributed by atoms with Gasteiger partial charge in [0, 0.05) is 21.0 Å². The zero-order chi connectivity index (χ0) is 20.6. The van der Waals surface area contributed by atoms with Gasteiger partial charge in [-0.1, -0.05) is 28.1 Å². The fourth-order valence-corrected chi connectivity index (χ4v) is 3.81. The number of halogens is 4. The molecule has 0 saturated heterocycles. The van der Waals surface area contributed by atoms with Gasteiger partial charge in [0.25, 0.3) is 0 Å². The number of methoxy groups -OCH3 is 1. The highest BCUT2D eigenvalue weighted by molar-refractivity contribution is 9.10. The lowest BCUT2D eigenvalue weighted by molar-refractivity contribution is -0.141. The SMILES string of the molecule is COc1ccc(-c2csc(-n3nc(C(F)(F)F)cc3-c3ccc(Br)cc3)n2)cc1. The minimum Gasteiger partial charge on any atom is -0.497 e. The van der Waals surface area contributed by atoms with Gasteiger partial charge in [-0.3, -0.25) is 0 Å². The summed E-state index contributed by atoms with van der Waals surface area (Å²) < 4.78 is 47.1. The number of rotatable bonds is 4. The predicted molar refractivity (Wildman–Crippen MR) is 109 cm³/mol. The van der Waals surface area contributed by atoms with Gasteiger partial charge in [0.2, 0.25) is 5.13 Å². The molecule has 0 bridgehead atoms. The number of thiazole rings is 1. The highest BCUT2D eigenvalue weighted by Gasteiger charge is 2.35. The topological polar surface area (TPSA) is 39.9 Å². The maximum absolute atomic E-state index is 13.3. The van der Waals surface area contributed by atoms with Crippen LogP contribution in [-0.2, 0) is 6.18 Å². The van der Waals surface area contributed by atoms with E-state index < -0.39 is 11.9 Å². The maximum Gasteiger partial charge on any atom is 0.435 e. The molecule has 0 saturated carbocycles. The molecule has 0 unspecified atom stereocenters. The Labute approximate surface area is 176 Å². The Bertz CT molecular complexity index is 1140. The van der Waals surface area contributed by atoms with Crippen LogP contribution >= 0.6 is 27.3 Å². The summed E-state index contributed by atoms with van der Waals surface area (Å²) >= 11 is 4.56. The summed E-state index contributed by atoms with van der Waals surface area (Å²) in [6, 6.07) is 15.3. The van der Waals surface area contributed by atoms with Gasteiger partial charge in [0.1, 0.15) is 5.75 Å². The second kappa shape index (κ2) is 7.64. The molecule has 0 aliphatic carbocycles. The summed E-state index contributed by atoms with van der Waals surface area (Å²) in [7, 11) is 1.58. The lowest BCUT2D eigenvalue weighted by atomic mass is 10.1. The number of benzene rings is 2. The quantitative estimate of drug-likeness (QED) is 0.337. The van der Waals surface area contributed by atoms with Crippen LogP contribution in [-0.4, -0.2) is 21.9 Å². The van der Waals surface area contributed by atoms with Crippen LogP contribution in [0.1, 0.15) is 5.69 Å². The molecule has 0 amide bonds. The minimum absolute atomic E-state index is 0.320. The van der Waals surface area contributed by atoms with Crippen LogP contribution in [0.3, 0.4) is 0 Å². The van der Waals surface area contributed by atoms with E-state index in [2.05, 4.69) is 26.0 Å². The average molecular weight is 480 g/mol. The average Bonchev–Trinajstić information content (AvgIpc) is 3.36. The number of hydrogen-bond acceptors (Lipinski definition) is 4.